The average Bonchev–Trinajstić information content (AvgIpc) is 3.06. The Morgan fingerprint density at radius 1 is 1.35 bits per heavy atom. The quantitative estimate of drug-likeness (QED) is 0.572. The zero-order valence-electron chi connectivity index (χ0n) is 17.7. The SMILES string of the molecule is CCOC(=O)C(C#N)CC1SC(CCNc2cccc3cc(O)ccc23)C(=O)N1CC. The molecule has 1 aliphatic rings. The van der Waals surface area contributed by atoms with Crippen LogP contribution in [-0.4, -0.2) is 52.2 Å². The van der Waals surface area contributed by atoms with Gasteiger partial charge in [-0.1, -0.05) is 12.1 Å². The summed E-state index contributed by atoms with van der Waals surface area (Å²) < 4.78 is 4.98. The van der Waals surface area contributed by atoms with Crippen molar-refractivity contribution in [2.24, 2.45) is 5.92 Å². The number of carbonyl (C=O) groups is 2. The summed E-state index contributed by atoms with van der Waals surface area (Å²) in [5.41, 5.74) is 0.948. The van der Waals surface area contributed by atoms with Crippen LogP contribution in [0.2, 0.25) is 0 Å². The fourth-order valence-corrected chi connectivity index (χ4v) is 5.38. The zero-order valence-corrected chi connectivity index (χ0v) is 18.5. The topological polar surface area (TPSA) is 103 Å². The van der Waals surface area contributed by atoms with Crippen molar-refractivity contribution in [3.63, 3.8) is 0 Å². The van der Waals surface area contributed by atoms with E-state index >= 15 is 0 Å². The maximum atomic E-state index is 12.9. The summed E-state index contributed by atoms with van der Waals surface area (Å²) in [6.45, 7) is 4.98. The minimum Gasteiger partial charge on any atom is -0.508 e. The number of amides is 1. The molecule has 3 atom stereocenters. The molecule has 2 N–H and O–H groups in total. The Morgan fingerprint density at radius 3 is 2.87 bits per heavy atom. The van der Waals surface area contributed by atoms with Gasteiger partial charge in [-0.25, -0.2) is 0 Å². The molecule has 2 aromatic carbocycles. The number of phenolic OH excluding ortho intramolecular Hbond substituents is 1. The lowest BCUT2D eigenvalue weighted by atomic mass is 10.1. The van der Waals surface area contributed by atoms with E-state index in [1.165, 1.54) is 11.8 Å². The van der Waals surface area contributed by atoms with Crippen molar-refractivity contribution in [3.05, 3.63) is 36.4 Å². The number of hydrogen-bond acceptors (Lipinski definition) is 7. The number of carbonyl (C=O) groups excluding carboxylic acids is 2. The van der Waals surface area contributed by atoms with Crippen molar-refractivity contribution in [2.45, 2.75) is 37.3 Å². The van der Waals surface area contributed by atoms with Crippen molar-refractivity contribution >= 4 is 40.1 Å². The lowest BCUT2D eigenvalue weighted by Crippen LogP contribution is -2.36. The molecular weight excluding hydrogens is 414 g/mol. The van der Waals surface area contributed by atoms with Crippen molar-refractivity contribution in [3.8, 4) is 11.8 Å². The molecule has 1 aliphatic heterocycles. The molecule has 3 unspecified atom stereocenters. The van der Waals surface area contributed by atoms with Gasteiger partial charge < -0.3 is 20.1 Å². The predicted molar refractivity (Wildman–Crippen MR) is 122 cm³/mol. The number of thioether (sulfide) groups is 1. The lowest BCUT2D eigenvalue weighted by molar-refractivity contribution is -0.146. The highest BCUT2D eigenvalue weighted by atomic mass is 32.2. The Hall–Kier alpha value is -2.92. The number of esters is 1. The molecule has 0 radical (unpaired) electrons. The molecule has 1 saturated heterocycles. The van der Waals surface area contributed by atoms with Crippen LogP contribution in [0.1, 0.15) is 26.7 Å². The number of fused-ring (bicyclic) bond motifs is 1. The molecule has 0 aliphatic carbocycles. The average molecular weight is 442 g/mol. The van der Waals surface area contributed by atoms with E-state index in [1.807, 2.05) is 37.3 Å². The number of hydrogen-bond donors (Lipinski definition) is 2. The minimum absolute atomic E-state index is 0.0442. The molecule has 1 fully saturated rings. The van der Waals surface area contributed by atoms with Crippen LogP contribution in [0.4, 0.5) is 5.69 Å². The zero-order chi connectivity index (χ0) is 22.4. The van der Waals surface area contributed by atoms with Crippen molar-refractivity contribution in [1.82, 2.24) is 4.90 Å². The Labute approximate surface area is 186 Å². The summed E-state index contributed by atoms with van der Waals surface area (Å²) >= 11 is 1.52. The number of anilines is 1. The number of ether oxygens (including phenoxy) is 1. The van der Waals surface area contributed by atoms with E-state index in [0.717, 1.165) is 16.5 Å². The monoisotopic (exact) mass is 441 g/mol. The first-order valence-electron chi connectivity index (χ1n) is 10.5. The summed E-state index contributed by atoms with van der Waals surface area (Å²) in [5.74, 6) is -1.13. The van der Waals surface area contributed by atoms with E-state index in [4.69, 9.17) is 4.74 Å². The van der Waals surface area contributed by atoms with Gasteiger partial charge in [0.25, 0.3) is 0 Å². The van der Waals surface area contributed by atoms with Crippen LogP contribution in [0.5, 0.6) is 5.75 Å². The third-order valence-electron chi connectivity index (χ3n) is 5.32. The molecule has 8 heteroatoms. The summed E-state index contributed by atoms with van der Waals surface area (Å²) in [6.07, 6.45) is 0.901. The number of nitriles is 1. The van der Waals surface area contributed by atoms with Gasteiger partial charge in [0.1, 0.15) is 11.7 Å². The van der Waals surface area contributed by atoms with Gasteiger partial charge in [0.2, 0.25) is 5.91 Å². The summed E-state index contributed by atoms with van der Waals surface area (Å²) in [6, 6.07) is 13.1. The third kappa shape index (κ3) is 5.23. The fraction of sp³-hybridized carbons (Fsp3) is 0.435. The first-order chi connectivity index (χ1) is 15.0. The summed E-state index contributed by atoms with van der Waals surface area (Å²) in [5, 5.41) is 23.9. The van der Waals surface area contributed by atoms with E-state index in [-0.39, 0.29) is 35.3 Å². The molecule has 164 valence electrons. The molecule has 1 heterocycles. The number of benzene rings is 2. The van der Waals surface area contributed by atoms with Crippen molar-refractivity contribution < 1.29 is 19.4 Å². The van der Waals surface area contributed by atoms with Gasteiger partial charge >= 0.3 is 5.97 Å². The second kappa shape index (κ2) is 10.4. The molecule has 3 rings (SSSR count). The first-order valence-corrected chi connectivity index (χ1v) is 11.4. The third-order valence-corrected chi connectivity index (χ3v) is 6.85. The summed E-state index contributed by atoms with van der Waals surface area (Å²) in [7, 11) is 0. The van der Waals surface area contributed by atoms with Crippen LogP contribution in [0.3, 0.4) is 0 Å². The molecule has 0 aromatic heterocycles. The van der Waals surface area contributed by atoms with E-state index in [1.54, 1.807) is 24.0 Å². The highest BCUT2D eigenvalue weighted by Gasteiger charge is 2.41. The van der Waals surface area contributed by atoms with E-state index in [0.29, 0.717) is 19.5 Å². The van der Waals surface area contributed by atoms with Gasteiger partial charge in [0.05, 0.1) is 23.3 Å². The Morgan fingerprint density at radius 2 is 2.16 bits per heavy atom. The van der Waals surface area contributed by atoms with E-state index < -0.39 is 11.9 Å². The van der Waals surface area contributed by atoms with E-state index in [9.17, 15) is 20.0 Å². The van der Waals surface area contributed by atoms with E-state index in [2.05, 4.69) is 5.32 Å². The molecule has 7 nitrogen and oxygen atoms in total. The van der Waals surface area contributed by atoms with Crippen LogP contribution >= 0.6 is 11.8 Å². The van der Waals surface area contributed by atoms with Gasteiger partial charge in [-0.05, 0) is 49.9 Å². The second-order valence-electron chi connectivity index (χ2n) is 7.30. The van der Waals surface area contributed by atoms with Gasteiger partial charge in [0.15, 0.2) is 0 Å². The number of aromatic hydroxyl groups is 1. The number of rotatable bonds is 9. The number of phenols is 1. The molecule has 0 bridgehead atoms. The maximum Gasteiger partial charge on any atom is 0.323 e. The lowest BCUT2D eigenvalue weighted by Gasteiger charge is -2.23. The van der Waals surface area contributed by atoms with Crippen molar-refractivity contribution in [2.75, 3.05) is 25.0 Å². The second-order valence-corrected chi connectivity index (χ2v) is 8.68. The van der Waals surface area contributed by atoms with Gasteiger partial charge in [-0.15, -0.1) is 11.8 Å². The predicted octanol–water partition coefficient (Wildman–Crippen LogP) is 3.73. The van der Waals surface area contributed by atoms with Crippen LogP contribution in [0.15, 0.2) is 36.4 Å². The first kappa shape index (κ1) is 22.8. The van der Waals surface area contributed by atoms with Crippen LogP contribution in [0.25, 0.3) is 10.8 Å². The van der Waals surface area contributed by atoms with Gasteiger partial charge in [0, 0.05) is 30.6 Å². The number of nitrogens with one attached hydrogen (secondary N) is 1. The number of nitrogens with zero attached hydrogens (tertiary/aromatic N) is 2. The molecule has 0 spiro atoms. The smallest absolute Gasteiger partial charge is 0.323 e. The molecule has 31 heavy (non-hydrogen) atoms. The Bertz CT molecular complexity index is 990. The highest BCUT2D eigenvalue weighted by Crippen LogP contribution is 2.37. The summed E-state index contributed by atoms with van der Waals surface area (Å²) in [4.78, 5) is 26.6. The van der Waals surface area contributed by atoms with Crippen LogP contribution in [-0.2, 0) is 14.3 Å². The Balaban J connectivity index is 1.62. The largest absolute Gasteiger partial charge is 0.508 e. The van der Waals surface area contributed by atoms with Crippen LogP contribution < -0.4 is 5.32 Å². The van der Waals surface area contributed by atoms with Gasteiger partial charge in [-0.3, -0.25) is 9.59 Å². The molecule has 2 aromatic rings. The Kier molecular flexibility index (Phi) is 7.64. The highest BCUT2D eigenvalue weighted by molar-refractivity contribution is 8.01. The molecule has 0 saturated carbocycles. The standard InChI is InChI=1S/C23H27N3O4S/c1-3-26-21(13-16(14-24)23(29)30-4-2)31-20(22(26)28)10-11-25-19-7-5-6-15-12-17(27)8-9-18(15)19/h5-9,12,16,20-21,25,27H,3-4,10-11,13H2,1-2H3. The minimum atomic E-state index is -0.872. The maximum absolute atomic E-state index is 12.9. The van der Waals surface area contributed by atoms with Crippen LogP contribution in [0, 0.1) is 17.2 Å². The fourth-order valence-electron chi connectivity index (χ4n) is 3.79. The van der Waals surface area contributed by atoms with Crippen molar-refractivity contribution in [1.29, 1.82) is 5.26 Å². The molecule has 1 amide bonds. The molecular formula is C23H27N3O4S. The normalized spacial score (nSPS) is 19.3. The van der Waals surface area contributed by atoms with Gasteiger partial charge in [-0.2, -0.15) is 5.26 Å².